The lowest BCUT2D eigenvalue weighted by atomic mass is 10.0. The van der Waals surface area contributed by atoms with Crippen LogP contribution in [0.25, 0.3) is 17.1 Å². The number of hydrogen-bond donors (Lipinski definition) is 1. The molecule has 2 heterocycles. The monoisotopic (exact) mass is 477 g/mol. The van der Waals surface area contributed by atoms with E-state index in [-0.39, 0.29) is 11.7 Å². The molecular weight excluding hydrogens is 454 g/mol. The van der Waals surface area contributed by atoms with E-state index in [0.717, 1.165) is 40.9 Å². The standard InChI is InChI=1S/C25H24ClN5OS/c1-3-17-12-13-21(26)20(4-2)23(17)28-22(32)16-33-25-30-29-24(18-9-8-14-27-15-18)31(25)19-10-6-5-7-11-19/h5-15H,3-4,16H2,1-2H3,(H,28,32). The zero-order chi connectivity index (χ0) is 23.2. The smallest absolute Gasteiger partial charge is 0.234 e. The highest BCUT2D eigenvalue weighted by atomic mass is 35.5. The molecule has 2 aromatic heterocycles. The van der Waals surface area contributed by atoms with Crippen molar-refractivity contribution in [2.75, 3.05) is 11.1 Å². The van der Waals surface area contributed by atoms with Crippen molar-refractivity contribution >= 4 is 35.0 Å². The van der Waals surface area contributed by atoms with Crippen LogP contribution in [0.4, 0.5) is 5.69 Å². The van der Waals surface area contributed by atoms with Gasteiger partial charge in [0.2, 0.25) is 5.91 Å². The van der Waals surface area contributed by atoms with Gasteiger partial charge < -0.3 is 5.32 Å². The molecule has 2 aromatic carbocycles. The van der Waals surface area contributed by atoms with Gasteiger partial charge in [-0.15, -0.1) is 10.2 Å². The molecule has 4 rings (SSSR count). The zero-order valence-corrected chi connectivity index (χ0v) is 20.0. The van der Waals surface area contributed by atoms with Gasteiger partial charge in [-0.1, -0.05) is 61.5 Å². The second-order valence-corrected chi connectivity index (χ2v) is 8.67. The van der Waals surface area contributed by atoms with Crippen molar-refractivity contribution in [1.82, 2.24) is 19.7 Å². The summed E-state index contributed by atoms with van der Waals surface area (Å²) in [6, 6.07) is 17.5. The predicted molar refractivity (Wildman–Crippen MR) is 134 cm³/mol. The summed E-state index contributed by atoms with van der Waals surface area (Å²) >= 11 is 7.72. The summed E-state index contributed by atoms with van der Waals surface area (Å²) in [6.45, 7) is 4.10. The Hall–Kier alpha value is -3.16. The van der Waals surface area contributed by atoms with E-state index in [1.165, 1.54) is 11.8 Å². The molecule has 168 valence electrons. The number of carbonyl (C=O) groups excluding carboxylic acids is 1. The van der Waals surface area contributed by atoms with Crippen molar-refractivity contribution in [2.24, 2.45) is 0 Å². The molecule has 0 saturated carbocycles. The maximum Gasteiger partial charge on any atom is 0.234 e. The second kappa shape index (κ2) is 10.6. The number of hydrogen-bond acceptors (Lipinski definition) is 5. The molecule has 0 bridgehead atoms. The topological polar surface area (TPSA) is 72.7 Å². The average Bonchev–Trinajstić information content (AvgIpc) is 3.28. The molecule has 1 N–H and O–H groups in total. The van der Waals surface area contributed by atoms with Crippen LogP contribution in [0.3, 0.4) is 0 Å². The molecule has 4 aromatic rings. The van der Waals surface area contributed by atoms with Crippen LogP contribution in [0.1, 0.15) is 25.0 Å². The first-order valence-corrected chi connectivity index (χ1v) is 12.1. The summed E-state index contributed by atoms with van der Waals surface area (Å²) in [4.78, 5) is 17.1. The Balaban J connectivity index is 1.59. The largest absolute Gasteiger partial charge is 0.325 e. The number of benzene rings is 2. The van der Waals surface area contributed by atoms with Gasteiger partial charge in [-0.25, -0.2) is 0 Å². The number of aryl methyl sites for hydroxylation is 1. The Morgan fingerprint density at radius 1 is 1.03 bits per heavy atom. The molecule has 0 aliphatic rings. The summed E-state index contributed by atoms with van der Waals surface area (Å²) in [5, 5.41) is 13.1. The van der Waals surface area contributed by atoms with Crippen molar-refractivity contribution in [3.63, 3.8) is 0 Å². The van der Waals surface area contributed by atoms with Crippen LogP contribution in [-0.4, -0.2) is 31.4 Å². The average molecular weight is 478 g/mol. The molecule has 0 spiro atoms. The van der Waals surface area contributed by atoms with Gasteiger partial charge in [-0.05, 0) is 54.3 Å². The fourth-order valence-electron chi connectivity index (χ4n) is 3.63. The molecule has 8 heteroatoms. The maximum atomic E-state index is 12.9. The van der Waals surface area contributed by atoms with E-state index in [0.29, 0.717) is 16.0 Å². The minimum atomic E-state index is -0.114. The normalized spacial score (nSPS) is 10.9. The molecule has 0 unspecified atom stereocenters. The fraction of sp³-hybridized carbons (Fsp3) is 0.200. The SMILES string of the molecule is CCc1ccc(Cl)c(CC)c1NC(=O)CSc1nnc(-c2cccnc2)n1-c1ccccc1. The van der Waals surface area contributed by atoms with Crippen LogP contribution < -0.4 is 5.32 Å². The van der Waals surface area contributed by atoms with E-state index in [9.17, 15) is 4.79 Å². The molecule has 0 atom stereocenters. The molecule has 0 radical (unpaired) electrons. The Bertz CT molecular complexity index is 1240. The van der Waals surface area contributed by atoms with E-state index >= 15 is 0 Å². The van der Waals surface area contributed by atoms with Gasteiger partial charge in [-0.3, -0.25) is 14.3 Å². The third kappa shape index (κ3) is 5.10. The van der Waals surface area contributed by atoms with Gasteiger partial charge in [0.1, 0.15) is 0 Å². The number of halogens is 1. The number of para-hydroxylation sites is 1. The van der Waals surface area contributed by atoms with Crippen LogP contribution in [0.5, 0.6) is 0 Å². The lowest BCUT2D eigenvalue weighted by molar-refractivity contribution is -0.113. The number of nitrogens with zero attached hydrogens (tertiary/aromatic N) is 4. The van der Waals surface area contributed by atoms with E-state index in [2.05, 4.69) is 27.4 Å². The number of aromatic nitrogens is 4. The molecule has 0 fully saturated rings. The lowest BCUT2D eigenvalue weighted by Gasteiger charge is -2.16. The number of thioether (sulfide) groups is 1. The number of anilines is 1. The van der Waals surface area contributed by atoms with Crippen molar-refractivity contribution < 1.29 is 4.79 Å². The summed E-state index contributed by atoms with van der Waals surface area (Å²) in [5.41, 5.74) is 4.62. The highest BCUT2D eigenvalue weighted by molar-refractivity contribution is 7.99. The quantitative estimate of drug-likeness (QED) is 0.323. The van der Waals surface area contributed by atoms with Crippen molar-refractivity contribution in [3.8, 4) is 17.1 Å². The lowest BCUT2D eigenvalue weighted by Crippen LogP contribution is -2.17. The van der Waals surface area contributed by atoms with Gasteiger partial charge in [0.15, 0.2) is 11.0 Å². The van der Waals surface area contributed by atoms with E-state index < -0.39 is 0 Å². The van der Waals surface area contributed by atoms with E-state index in [1.807, 2.05) is 66.1 Å². The maximum absolute atomic E-state index is 12.9. The first kappa shape index (κ1) is 23.0. The number of amides is 1. The first-order chi connectivity index (χ1) is 16.1. The minimum absolute atomic E-state index is 0.114. The Kier molecular flexibility index (Phi) is 7.42. The number of nitrogens with one attached hydrogen (secondary N) is 1. The Morgan fingerprint density at radius 2 is 1.85 bits per heavy atom. The number of pyridine rings is 1. The summed E-state index contributed by atoms with van der Waals surface area (Å²) < 4.78 is 1.95. The minimum Gasteiger partial charge on any atom is -0.325 e. The zero-order valence-electron chi connectivity index (χ0n) is 18.5. The predicted octanol–water partition coefficient (Wildman–Crippen LogP) is 5.84. The molecule has 0 saturated heterocycles. The van der Waals surface area contributed by atoms with Gasteiger partial charge in [0.25, 0.3) is 0 Å². The van der Waals surface area contributed by atoms with E-state index in [1.54, 1.807) is 12.4 Å². The third-order valence-electron chi connectivity index (χ3n) is 5.24. The summed E-state index contributed by atoms with van der Waals surface area (Å²) in [7, 11) is 0. The summed E-state index contributed by atoms with van der Waals surface area (Å²) in [6.07, 6.45) is 5.02. The van der Waals surface area contributed by atoms with Crippen LogP contribution in [0, 0.1) is 0 Å². The molecule has 6 nitrogen and oxygen atoms in total. The van der Waals surface area contributed by atoms with Crippen molar-refractivity contribution in [1.29, 1.82) is 0 Å². The second-order valence-electron chi connectivity index (χ2n) is 7.32. The van der Waals surface area contributed by atoms with Crippen molar-refractivity contribution in [3.05, 3.63) is 83.1 Å². The highest BCUT2D eigenvalue weighted by Crippen LogP contribution is 2.31. The van der Waals surface area contributed by atoms with Gasteiger partial charge in [0, 0.05) is 34.4 Å². The number of rotatable bonds is 8. The van der Waals surface area contributed by atoms with Gasteiger partial charge in [-0.2, -0.15) is 0 Å². The van der Waals surface area contributed by atoms with Crippen LogP contribution in [0.2, 0.25) is 5.02 Å². The van der Waals surface area contributed by atoms with Gasteiger partial charge >= 0.3 is 0 Å². The molecule has 1 amide bonds. The summed E-state index contributed by atoms with van der Waals surface area (Å²) in [5.74, 6) is 0.752. The molecule has 0 aliphatic carbocycles. The first-order valence-electron chi connectivity index (χ1n) is 10.8. The van der Waals surface area contributed by atoms with Crippen LogP contribution in [0.15, 0.2) is 72.1 Å². The third-order valence-corrected chi connectivity index (χ3v) is 6.52. The van der Waals surface area contributed by atoms with Crippen LogP contribution >= 0.6 is 23.4 Å². The molecule has 33 heavy (non-hydrogen) atoms. The van der Waals surface area contributed by atoms with Crippen molar-refractivity contribution in [2.45, 2.75) is 31.8 Å². The molecule has 0 aliphatic heterocycles. The van der Waals surface area contributed by atoms with Crippen LogP contribution in [-0.2, 0) is 17.6 Å². The number of carbonyl (C=O) groups is 1. The highest BCUT2D eigenvalue weighted by Gasteiger charge is 2.18. The Morgan fingerprint density at radius 3 is 2.55 bits per heavy atom. The molecular formula is C25H24ClN5OS. The fourth-order valence-corrected chi connectivity index (χ4v) is 4.67. The Labute approximate surface area is 202 Å². The van der Waals surface area contributed by atoms with E-state index in [4.69, 9.17) is 11.6 Å². The van der Waals surface area contributed by atoms with Gasteiger partial charge in [0.05, 0.1) is 5.75 Å².